The second kappa shape index (κ2) is 7.47. The number of Topliss-reactive ketones (excluding diaryl/α,β-unsaturated/α-hetero) is 1. The Labute approximate surface area is 164 Å². The number of nitrogens with zero attached hydrogens (tertiary/aromatic N) is 2. The number of hydrogen-bond acceptors (Lipinski definition) is 5. The summed E-state index contributed by atoms with van der Waals surface area (Å²) in [7, 11) is 1.31. The predicted octanol–water partition coefficient (Wildman–Crippen LogP) is 2.20. The highest BCUT2D eigenvalue weighted by Gasteiger charge is 2.13. The van der Waals surface area contributed by atoms with Gasteiger partial charge in [-0.25, -0.2) is 23.5 Å². The zero-order valence-corrected chi connectivity index (χ0v) is 16.7. The Hall–Kier alpha value is -3.13. The standard InChI is InChI=1S/C20H19N3O4S/c1-11-9-15(23-19(26)21-18(25)22(4)20(23)27)10-12(2)17(11)28-16-7-5-14(6-8-16)13(3)24/h5-10H,1-4H3,(H,21,25,26). The summed E-state index contributed by atoms with van der Waals surface area (Å²) in [5.74, 6) is 0.0150. The number of aromatic nitrogens is 3. The van der Waals surface area contributed by atoms with Gasteiger partial charge in [-0.15, -0.1) is 0 Å². The third-order valence-corrected chi connectivity index (χ3v) is 5.74. The van der Waals surface area contributed by atoms with Gasteiger partial charge >= 0.3 is 17.1 Å². The molecule has 0 spiro atoms. The van der Waals surface area contributed by atoms with Crippen molar-refractivity contribution in [3.05, 3.63) is 84.5 Å². The Bertz CT molecular complexity index is 1230. The summed E-state index contributed by atoms with van der Waals surface area (Å²) in [5, 5.41) is 0. The van der Waals surface area contributed by atoms with Crippen LogP contribution in [0, 0.1) is 13.8 Å². The Morgan fingerprint density at radius 2 is 1.54 bits per heavy atom. The van der Waals surface area contributed by atoms with Crippen LogP contribution in [0.25, 0.3) is 5.69 Å². The highest BCUT2D eigenvalue weighted by atomic mass is 32.2. The van der Waals surface area contributed by atoms with E-state index in [2.05, 4.69) is 4.98 Å². The quantitative estimate of drug-likeness (QED) is 0.681. The van der Waals surface area contributed by atoms with Crippen molar-refractivity contribution in [3.8, 4) is 5.69 Å². The van der Waals surface area contributed by atoms with Gasteiger partial charge in [0.05, 0.1) is 5.69 Å². The topological polar surface area (TPSA) is 93.9 Å². The molecule has 0 atom stereocenters. The molecule has 0 unspecified atom stereocenters. The number of rotatable bonds is 4. The van der Waals surface area contributed by atoms with Crippen LogP contribution in [-0.4, -0.2) is 19.9 Å². The fraction of sp³-hybridized carbons (Fsp3) is 0.200. The normalized spacial score (nSPS) is 10.9. The van der Waals surface area contributed by atoms with Crippen LogP contribution in [-0.2, 0) is 7.05 Å². The van der Waals surface area contributed by atoms with Crippen molar-refractivity contribution in [1.29, 1.82) is 0 Å². The molecule has 144 valence electrons. The van der Waals surface area contributed by atoms with Crippen LogP contribution in [0.4, 0.5) is 0 Å². The molecule has 0 bridgehead atoms. The summed E-state index contributed by atoms with van der Waals surface area (Å²) in [5.41, 5.74) is 0.599. The van der Waals surface area contributed by atoms with E-state index in [1.165, 1.54) is 25.7 Å². The lowest BCUT2D eigenvalue weighted by atomic mass is 10.1. The largest absolute Gasteiger partial charge is 0.340 e. The van der Waals surface area contributed by atoms with Crippen LogP contribution in [0.2, 0.25) is 0 Å². The molecule has 1 N–H and O–H groups in total. The summed E-state index contributed by atoms with van der Waals surface area (Å²) < 4.78 is 1.79. The van der Waals surface area contributed by atoms with Crippen LogP contribution in [0.15, 0.2) is 60.6 Å². The lowest BCUT2D eigenvalue weighted by molar-refractivity contribution is 0.101. The Morgan fingerprint density at radius 3 is 2.07 bits per heavy atom. The number of ketones is 1. The van der Waals surface area contributed by atoms with Gasteiger partial charge in [0, 0.05) is 22.4 Å². The number of aromatic amines is 1. The Balaban J connectivity index is 2.04. The van der Waals surface area contributed by atoms with Gasteiger partial charge in [0.2, 0.25) is 0 Å². The van der Waals surface area contributed by atoms with Crippen molar-refractivity contribution in [2.45, 2.75) is 30.6 Å². The minimum atomic E-state index is -0.771. The van der Waals surface area contributed by atoms with E-state index >= 15 is 0 Å². The first-order valence-electron chi connectivity index (χ1n) is 8.52. The molecule has 1 aromatic heterocycles. The SMILES string of the molecule is CC(=O)c1ccc(Sc2c(C)cc(-n3c(=O)[nH]c(=O)n(C)c3=O)cc2C)cc1. The lowest BCUT2D eigenvalue weighted by Gasteiger charge is -2.13. The third-order valence-electron chi connectivity index (χ3n) is 4.38. The molecule has 0 radical (unpaired) electrons. The van der Waals surface area contributed by atoms with Gasteiger partial charge in [-0.3, -0.25) is 9.78 Å². The van der Waals surface area contributed by atoms with Crippen molar-refractivity contribution < 1.29 is 4.79 Å². The first-order valence-corrected chi connectivity index (χ1v) is 9.33. The molecule has 1 heterocycles. The van der Waals surface area contributed by atoms with Crippen LogP contribution < -0.4 is 17.1 Å². The Morgan fingerprint density at radius 1 is 0.964 bits per heavy atom. The number of carbonyl (C=O) groups excluding carboxylic acids is 1. The van der Waals surface area contributed by atoms with Crippen molar-refractivity contribution >= 4 is 17.5 Å². The molecule has 7 nitrogen and oxygen atoms in total. The summed E-state index contributed by atoms with van der Waals surface area (Å²) in [6, 6.07) is 10.8. The smallest absolute Gasteiger partial charge is 0.295 e. The minimum absolute atomic E-state index is 0.0150. The van der Waals surface area contributed by atoms with Crippen molar-refractivity contribution in [2.75, 3.05) is 0 Å². The average Bonchev–Trinajstić information content (AvgIpc) is 2.63. The molecule has 0 aliphatic heterocycles. The molecule has 2 aromatic carbocycles. The molecule has 0 saturated carbocycles. The van der Waals surface area contributed by atoms with Crippen LogP contribution in [0.5, 0.6) is 0 Å². The number of H-pyrrole nitrogens is 1. The van der Waals surface area contributed by atoms with E-state index < -0.39 is 17.1 Å². The first-order chi connectivity index (χ1) is 13.2. The molecule has 8 heteroatoms. The molecule has 28 heavy (non-hydrogen) atoms. The summed E-state index contributed by atoms with van der Waals surface area (Å²) in [4.78, 5) is 51.6. The molecule has 0 saturated heterocycles. The summed E-state index contributed by atoms with van der Waals surface area (Å²) in [6.07, 6.45) is 0. The van der Waals surface area contributed by atoms with Gasteiger partial charge < -0.3 is 0 Å². The molecular formula is C20H19N3O4S. The van der Waals surface area contributed by atoms with E-state index in [9.17, 15) is 19.2 Å². The number of benzene rings is 2. The maximum absolute atomic E-state index is 12.4. The molecule has 3 aromatic rings. The van der Waals surface area contributed by atoms with Crippen LogP contribution in [0.1, 0.15) is 28.4 Å². The molecular weight excluding hydrogens is 378 g/mol. The van der Waals surface area contributed by atoms with Crippen molar-refractivity contribution in [2.24, 2.45) is 7.05 Å². The molecule has 3 rings (SSSR count). The monoisotopic (exact) mass is 397 g/mol. The number of hydrogen-bond donors (Lipinski definition) is 1. The predicted molar refractivity (Wildman–Crippen MR) is 108 cm³/mol. The highest BCUT2D eigenvalue weighted by Crippen LogP contribution is 2.34. The van der Waals surface area contributed by atoms with Crippen LogP contribution in [0.3, 0.4) is 0 Å². The maximum atomic E-state index is 12.4. The van der Waals surface area contributed by atoms with Gasteiger partial charge in [0.15, 0.2) is 5.78 Å². The van der Waals surface area contributed by atoms with Gasteiger partial charge in [0.1, 0.15) is 0 Å². The Kier molecular flexibility index (Phi) is 5.24. The number of nitrogens with one attached hydrogen (secondary N) is 1. The van der Waals surface area contributed by atoms with E-state index in [4.69, 9.17) is 0 Å². The van der Waals surface area contributed by atoms with E-state index in [1.54, 1.807) is 24.3 Å². The van der Waals surface area contributed by atoms with E-state index in [0.29, 0.717) is 11.3 Å². The fourth-order valence-corrected chi connectivity index (χ4v) is 3.82. The van der Waals surface area contributed by atoms with E-state index in [-0.39, 0.29) is 5.78 Å². The molecule has 0 amide bonds. The van der Waals surface area contributed by atoms with Crippen molar-refractivity contribution in [1.82, 2.24) is 14.1 Å². The molecule has 0 aliphatic rings. The van der Waals surface area contributed by atoms with Crippen LogP contribution >= 0.6 is 11.8 Å². The number of aryl methyl sites for hydroxylation is 2. The molecule has 0 aliphatic carbocycles. The van der Waals surface area contributed by atoms with Gasteiger partial charge in [-0.05, 0) is 56.2 Å². The zero-order chi connectivity index (χ0) is 20.6. The third kappa shape index (κ3) is 3.63. The maximum Gasteiger partial charge on any atom is 0.340 e. The average molecular weight is 397 g/mol. The van der Waals surface area contributed by atoms with Crippen molar-refractivity contribution in [3.63, 3.8) is 0 Å². The molecule has 0 fully saturated rings. The van der Waals surface area contributed by atoms with Gasteiger partial charge in [-0.1, -0.05) is 23.9 Å². The second-order valence-electron chi connectivity index (χ2n) is 6.50. The first kappa shape index (κ1) is 19.6. The lowest BCUT2D eigenvalue weighted by Crippen LogP contribution is -2.47. The second-order valence-corrected chi connectivity index (χ2v) is 7.59. The fourth-order valence-electron chi connectivity index (χ4n) is 2.88. The number of carbonyl (C=O) groups is 1. The van der Waals surface area contributed by atoms with E-state index in [0.717, 1.165) is 30.1 Å². The zero-order valence-electron chi connectivity index (χ0n) is 15.9. The summed E-state index contributed by atoms with van der Waals surface area (Å²) in [6.45, 7) is 5.31. The minimum Gasteiger partial charge on any atom is -0.295 e. The summed E-state index contributed by atoms with van der Waals surface area (Å²) >= 11 is 1.54. The van der Waals surface area contributed by atoms with E-state index in [1.807, 2.05) is 26.0 Å². The van der Waals surface area contributed by atoms with Gasteiger partial charge in [-0.2, -0.15) is 0 Å². The highest BCUT2D eigenvalue weighted by molar-refractivity contribution is 7.99. The van der Waals surface area contributed by atoms with Gasteiger partial charge in [0.25, 0.3) is 0 Å².